The zero-order chi connectivity index (χ0) is 14.0. The van der Waals surface area contributed by atoms with E-state index in [1.165, 1.54) is 19.3 Å². The van der Waals surface area contributed by atoms with E-state index in [-0.39, 0.29) is 11.3 Å². The van der Waals surface area contributed by atoms with Gasteiger partial charge < -0.3 is 9.84 Å². The van der Waals surface area contributed by atoms with E-state index in [0.717, 1.165) is 17.7 Å². The summed E-state index contributed by atoms with van der Waals surface area (Å²) < 4.78 is 5.15. The van der Waals surface area contributed by atoms with E-state index in [0.29, 0.717) is 5.02 Å². The maximum Gasteiger partial charge on any atom is 0.120 e. The molecule has 3 heteroatoms. The molecule has 0 bridgehead atoms. The highest BCUT2D eigenvalue weighted by Gasteiger charge is 2.38. The van der Waals surface area contributed by atoms with Gasteiger partial charge in [0.15, 0.2) is 0 Å². The molecule has 19 heavy (non-hydrogen) atoms. The zero-order valence-corrected chi connectivity index (χ0v) is 12.7. The van der Waals surface area contributed by atoms with Gasteiger partial charge >= 0.3 is 0 Å². The minimum absolute atomic E-state index is 0.168. The first-order valence-electron chi connectivity index (χ1n) is 6.97. The molecule has 2 rings (SSSR count). The third-order valence-corrected chi connectivity index (χ3v) is 4.82. The summed E-state index contributed by atoms with van der Waals surface area (Å²) in [5.41, 5.74) is 0.989. The van der Waals surface area contributed by atoms with Gasteiger partial charge in [-0.2, -0.15) is 0 Å². The maximum atomic E-state index is 10.7. The molecule has 1 fully saturated rings. The van der Waals surface area contributed by atoms with Crippen molar-refractivity contribution in [1.29, 1.82) is 0 Å². The zero-order valence-electron chi connectivity index (χ0n) is 11.9. The summed E-state index contributed by atoms with van der Waals surface area (Å²) in [5.74, 6) is 0.996. The van der Waals surface area contributed by atoms with Crippen molar-refractivity contribution >= 4 is 11.6 Å². The Balaban J connectivity index is 2.25. The van der Waals surface area contributed by atoms with Crippen LogP contribution in [0.1, 0.15) is 51.2 Å². The third-order valence-electron chi connectivity index (χ3n) is 4.50. The number of methoxy groups -OCH3 is 1. The molecule has 2 unspecified atom stereocenters. The molecule has 0 radical (unpaired) electrons. The largest absolute Gasteiger partial charge is 0.497 e. The Morgan fingerprint density at radius 2 is 2.11 bits per heavy atom. The van der Waals surface area contributed by atoms with E-state index < -0.39 is 6.10 Å². The van der Waals surface area contributed by atoms with Gasteiger partial charge in [-0.3, -0.25) is 0 Å². The summed E-state index contributed by atoms with van der Waals surface area (Å²) in [4.78, 5) is 0. The fraction of sp³-hybridized carbons (Fsp3) is 0.625. The van der Waals surface area contributed by atoms with Crippen molar-refractivity contribution in [2.24, 2.45) is 11.3 Å². The normalized spacial score (nSPS) is 23.9. The van der Waals surface area contributed by atoms with Gasteiger partial charge in [-0.05, 0) is 41.9 Å². The van der Waals surface area contributed by atoms with Crippen molar-refractivity contribution in [3.8, 4) is 5.75 Å². The number of aliphatic hydroxyl groups is 1. The minimum atomic E-state index is -0.492. The fourth-order valence-corrected chi connectivity index (χ4v) is 3.48. The second-order valence-electron chi connectivity index (χ2n) is 6.17. The molecule has 0 heterocycles. The quantitative estimate of drug-likeness (QED) is 0.878. The molecule has 2 nitrogen and oxygen atoms in total. The Kier molecular flexibility index (Phi) is 4.42. The van der Waals surface area contributed by atoms with Gasteiger partial charge in [-0.25, -0.2) is 0 Å². The predicted molar refractivity (Wildman–Crippen MR) is 78.7 cm³/mol. The first-order valence-corrected chi connectivity index (χ1v) is 7.35. The highest BCUT2D eigenvalue weighted by Crippen LogP contribution is 2.47. The monoisotopic (exact) mass is 282 g/mol. The Morgan fingerprint density at radius 1 is 1.37 bits per heavy atom. The molecule has 0 spiro atoms. The van der Waals surface area contributed by atoms with E-state index in [2.05, 4.69) is 13.8 Å². The molecular formula is C16H23ClO2. The number of hydrogen-bond donors (Lipinski definition) is 1. The summed E-state index contributed by atoms with van der Waals surface area (Å²) in [7, 11) is 1.62. The fourth-order valence-electron chi connectivity index (χ4n) is 3.20. The summed E-state index contributed by atoms with van der Waals surface area (Å²) in [5, 5.41) is 11.3. The first kappa shape index (κ1) is 14.7. The van der Waals surface area contributed by atoms with E-state index in [4.69, 9.17) is 16.3 Å². The van der Waals surface area contributed by atoms with Gasteiger partial charge in [0.2, 0.25) is 0 Å². The first-order chi connectivity index (χ1) is 8.95. The Labute approximate surface area is 120 Å². The van der Waals surface area contributed by atoms with Gasteiger partial charge in [-0.1, -0.05) is 44.4 Å². The number of aliphatic hydroxyl groups excluding tert-OH is 1. The topological polar surface area (TPSA) is 29.5 Å². The SMILES string of the molecule is COc1ccc(C(O)C2CCCCC2(C)C)c(Cl)c1. The highest BCUT2D eigenvalue weighted by atomic mass is 35.5. The molecule has 1 aromatic carbocycles. The van der Waals surface area contributed by atoms with Crippen LogP contribution in [0.2, 0.25) is 5.02 Å². The van der Waals surface area contributed by atoms with Gasteiger partial charge in [0, 0.05) is 0 Å². The lowest BCUT2D eigenvalue weighted by Crippen LogP contribution is -2.32. The van der Waals surface area contributed by atoms with Crippen molar-refractivity contribution in [2.45, 2.75) is 45.6 Å². The Morgan fingerprint density at radius 3 is 2.68 bits per heavy atom. The molecule has 0 aromatic heterocycles. The summed E-state index contributed by atoms with van der Waals surface area (Å²) in [6.07, 6.45) is 4.19. The second-order valence-corrected chi connectivity index (χ2v) is 6.58. The Bertz CT molecular complexity index is 442. The predicted octanol–water partition coefficient (Wildman–Crippen LogP) is 4.60. The highest BCUT2D eigenvalue weighted by molar-refractivity contribution is 6.31. The van der Waals surface area contributed by atoms with Gasteiger partial charge in [0.05, 0.1) is 18.2 Å². The van der Waals surface area contributed by atoms with Crippen LogP contribution in [-0.2, 0) is 0 Å². The molecule has 1 aliphatic carbocycles. The van der Waals surface area contributed by atoms with Crippen molar-refractivity contribution in [3.63, 3.8) is 0 Å². The van der Waals surface area contributed by atoms with Crippen LogP contribution in [0.4, 0.5) is 0 Å². The standard InChI is InChI=1S/C16H23ClO2/c1-16(2)9-5-4-6-13(16)15(18)12-8-7-11(19-3)10-14(12)17/h7-8,10,13,15,18H,4-6,9H2,1-3H3. The van der Waals surface area contributed by atoms with E-state index in [9.17, 15) is 5.11 Å². The number of benzene rings is 1. The molecule has 1 N–H and O–H groups in total. The van der Waals surface area contributed by atoms with Crippen molar-refractivity contribution in [1.82, 2.24) is 0 Å². The second kappa shape index (κ2) is 5.72. The number of hydrogen-bond acceptors (Lipinski definition) is 2. The molecular weight excluding hydrogens is 260 g/mol. The maximum absolute atomic E-state index is 10.7. The summed E-state index contributed by atoms with van der Waals surface area (Å²) >= 11 is 6.28. The molecule has 1 aliphatic rings. The van der Waals surface area contributed by atoms with Gasteiger partial charge in [0.1, 0.15) is 5.75 Å². The van der Waals surface area contributed by atoms with Crippen LogP contribution in [0.15, 0.2) is 18.2 Å². The average Bonchev–Trinajstić information content (AvgIpc) is 2.37. The molecule has 1 saturated carbocycles. The van der Waals surface area contributed by atoms with Crippen molar-refractivity contribution in [3.05, 3.63) is 28.8 Å². The van der Waals surface area contributed by atoms with Crippen LogP contribution in [0.25, 0.3) is 0 Å². The summed E-state index contributed by atoms with van der Waals surface area (Å²) in [6, 6.07) is 5.52. The smallest absolute Gasteiger partial charge is 0.120 e. The van der Waals surface area contributed by atoms with E-state index in [1.807, 2.05) is 12.1 Å². The summed E-state index contributed by atoms with van der Waals surface area (Å²) in [6.45, 7) is 4.49. The molecule has 106 valence electrons. The molecule has 0 saturated heterocycles. The van der Waals surface area contributed by atoms with Crippen LogP contribution in [0.5, 0.6) is 5.75 Å². The average molecular weight is 283 g/mol. The minimum Gasteiger partial charge on any atom is -0.497 e. The lowest BCUT2D eigenvalue weighted by Gasteiger charge is -2.41. The van der Waals surface area contributed by atoms with Crippen molar-refractivity contribution in [2.75, 3.05) is 7.11 Å². The van der Waals surface area contributed by atoms with Crippen LogP contribution >= 0.6 is 11.6 Å². The van der Waals surface area contributed by atoms with E-state index in [1.54, 1.807) is 13.2 Å². The van der Waals surface area contributed by atoms with Gasteiger partial charge in [-0.15, -0.1) is 0 Å². The van der Waals surface area contributed by atoms with E-state index >= 15 is 0 Å². The van der Waals surface area contributed by atoms with Gasteiger partial charge in [0.25, 0.3) is 0 Å². The van der Waals surface area contributed by atoms with Crippen LogP contribution in [0, 0.1) is 11.3 Å². The Hall–Kier alpha value is -0.730. The van der Waals surface area contributed by atoms with Crippen molar-refractivity contribution < 1.29 is 9.84 Å². The lowest BCUT2D eigenvalue weighted by molar-refractivity contribution is 0.00390. The molecule has 0 aliphatic heterocycles. The number of ether oxygens (including phenoxy) is 1. The molecule has 1 aromatic rings. The number of halogens is 1. The lowest BCUT2D eigenvalue weighted by atomic mass is 9.65. The molecule has 2 atom stereocenters. The van der Waals surface area contributed by atoms with Crippen LogP contribution < -0.4 is 4.74 Å². The number of rotatable bonds is 3. The van der Waals surface area contributed by atoms with Crippen LogP contribution in [-0.4, -0.2) is 12.2 Å². The van der Waals surface area contributed by atoms with Crippen LogP contribution in [0.3, 0.4) is 0 Å². The molecule has 0 amide bonds. The third kappa shape index (κ3) is 3.06.